The van der Waals surface area contributed by atoms with E-state index in [9.17, 15) is 0 Å². The van der Waals surface area contributed by atoms with Crippen LogP contribution in [0.5, 0.6) is 0 Å². The van der Waals surface area contributed by atoms with Crippen LogP contribution >= 0.6 is 0 Å². The number of nitrogens with zero attached hydrogens (tertiary/aromatic N) is 2. The van der Waals surface area contributed by atoms with Crippen LogP contribution in [0.3, 0.4) is 0 Å². The first-order valence-electron chi connectivity index (χ1n) is 5.19. The summed E-state index contributed by atoms with van der Waals surface area (Å²) in [6.07, 6.45) is 5.81. The molecule has 0 bridgehead atoms. The zero-order chi connectivity index (χ0) is 9.84. The van der Waals surface area contributed by atoms with Crippen LogP contribution in [-0.2, 0) is 7.05 Å². The lowest BCUT2D eigenvalue weighted by molar-refractivity contribution is 0.567. The van der Waals surface area contributed by atoms with E-state index in [2.05, 4.69) is 32.1 Å². The Balaban J connectivity index is 2.83. The van der Waals surface area contributed by atoms with E-state index in [1.807, 2.05) is 11.7 Å². The standard InChI is InChI=1S/C11H20N2/c1-5-7-10(6-2)11-9(3)8-13(4)12-11/h8,10H,5-7H2,1-4H3. The molecule has 1 atom stereocenters. The highest BCUT2D eigenvalue weighted by Gasteiger charge is 2.13. The van der Waals surface area contributed by atoms with Gasteiger partial charge in [0.15, 0.2) is 0 Å². The molecule has 0 aromatic carbocycles. The molecule has 0 N–H and O–H groups in total. The maximum Gasteiger partial charge on any atom is 0.0684 e. The van der Waals surface area contributed by atoms with Gasteiger partial charge in [-0.1, -0.05) is 20.3 Å². The third-order valence-electron chi connectivity index (χ3n) is 2.57. The second-order valence-electron chi connectivity index (χ2n) is 3.76. The molecule has 1 rings (SSSR count). The first-order valence-corrected chi connectivity index (χ1v) is 5.19. The van der Waals surface area contributed by atoms with Gasteiger partial charge in [-0.15, -0.1) is 0 Å². The summed E-state index contributed by atoms with van der Waals surface area (Å²) in [5.41, 5.74) is 2.63. The minimum atomic E-state index is 0.659. The fraction of sp³-hybridized carbons (Fsp3) is 0.727. The highest BCUT2D eigenvalue weighted by Crippen LogP contribution is 2.25. The molecule has 0 spiro atoms. The van der Waals surface area contributed by atoms with E-state index in [1.165, 1.54) is 30.5 Å². The maximum atomic E-state index is 4.52. The molecule has 1 aromatic rings. The lowest BCUT2D eigenvalue weighted by Gasteiger charge is -2.11. The van der Waals surface area contributed by atoms with Crippen molar-refractivity contribution in [1.29, 1.82) is 0 Å². The summed E-state index contributed by atoms with van der Waals surface area (Å²) in [6.45, 7) is 6.63. The van der Waals surface area contributed by atoms with Crippen LogP contribution in [0.25, 0.3) is 0 Å². The number of hydrogen-bond donors (Lipinski definition) is 0. The molecule has 0 saturated carbocycles. The molecular formula is C11H20N2. The van der Waals surface area contributed by atoms with Crippen LogP contribution in [0.1, 0.15) is 50.3 Å². The molecule has 0 fully saturated rings. The van der Waals surface area contributed by atoms with Gasteiger partial charge in [-0.2, -0.15) is 5.10 Å². The van der Waals surface area contributed by atoms with Gasteiger partial charge in [-0.05, 0) is 25.3 Å². The van der Waals surface area contributed by atoms with Crippen LogP contribution in [-0.4, -0.2) is 9.78 Å². The van der Waals surface area contributed by atoms with Crippen molar-refractivity contribution in [3.63, 3.8) is 0 Å². The van der Waals surface area contributed by atoms with Crippen molar-refractivity contribution in [3.8, 4) is 0 Å². The largest absolute Gasteiger partial charge is 0.275 e. The van der Waals surface area contributed by atoms with Crippen LogP contribution in [0.4, 0.5) is 0 Å². The molecule has 1 unspecified atom stereocenters. The van der Waals surface area contributed by atoms with Gasteiger partial charge in [-0.25, -0.2) is 0 Å². The Bertz CT molecular complexity index is 263. The predicted octanol–water partition coefficient (Wildman–Crippen LogP) is 3.02. The molecule has 2 heteroatoms. The van der Waals surface area contributed by atoms with Gasteiger partial charge in [0.05, 0.1) is 5.69 Å². The normalized spacial score (nSPS) is 13.2. The second kappa shape index (κ2) is 4.45. The van der Waals surface area contributed by atoms with Crippen LogP contribution in [0.15, 0.2) is 6.20 Å². The topological polar surface area (TPSA) is 17.8 Å². The van der Waals surface area contributed by atoms with Crippen LogP contribution in [0.2, 0.25) is 0 Å². The summed E-state index contributed by atoms with van der Waals surface area (Å²) in [7, 11) is 2.00. The summed E-state index contributed by atoms with van der Waals surface area (Å²) >= 11 is 0. The number of hydrogen-bond acceptors (Lipinski definition) is 1. The molecule has 1 heterocycles. The average Bonchev–Trinajstić information content (AvgIpc) is 2.41. The van der Waals surface area contributed by atoms with Crippen molar-refractivity contribution in [2.24, 2.45) is 7.05 Å². The van der Waals surface area contributed by atoms with Crippen molar-refractivity contribution in [1.82, 2.24) is 9.78 Å². The number of rotatable bonds is 4. The number of aryl methyl sites for hydroxylation is 2. The van der Waals surface area contributed by atoms with Crippen molar-refractivity contribution >= 4 is 0 Å². The molecule has 13 heavy (non-hydrogen) atoms. The highest BCUT2D eigenvalue weighted by atomic mass is 15.3. The van der Waals surface area contributed by atoms with Gasteiger partial charge < -0.3 is 0 Å². The van der Waals surface area contributed by atoms with Crippen LogP contribution < -0.4 is 0 Å². The minimum absolute atomic E-state index is 0.659. The van der Waals surface area contributed by atoms with Gasteiger partial charge in [-0.3, -0.25) is 4.68 Å². The summed E-state index contributed by atoms with van der Waals surface area (Å²) in [5, 5.41) is 4.52. The molecule has 0 saturated heterocycles. The van der Waals surface area contributed by atoms with E-state index in [0.29, 0.717) is 5.92 Å². The Hall–Kier alpha value is -0.790. The Labute approximate surface area is 81.0 Å². The van der Waals surface area contributed by atoms with Gasteiger partial charge in [0.25, 0.3) is 0 Å². The SMILES string of the molecule is CCCC(CC)c1nn(C)cc1C. The monoisotopic (exact) mass is 180 g/mol. The quantitative estimate of drug-likeness (QED) is 0.696. The van der Waals surface area contributed by atoms with E-state index in [-0.39, 0.29) is 0 Å². The third-order valence-corrected chi connectivity index (χ3v) is 2.57. The van der Waals surface area contributed by atoms with Gasteiger partial charge in [0, 0.05) is 19.2 Å². The van der Waals surface area contributed by atoms with E-state index in [1.54, 1.807) is 0 Å². The molecule has 0 aliphatic rings. The van der Waals surface area contributed by atoms with Gasteiger partial charge >= 0.3 is 0 Å². The highest BCUT2D eigenvalue weighted by molar-refractivity contribution is 5.18. The van der Waals surface area contributed by atoms with E-state index in [4.69, 9.17) is 0 Å². The van der Waals surface area contributed by atoms with E-state index >= 15 is 0 Å². The molecule has 0 radical (unpaired) electrons. The van der Waals surface area contributed by atoms with E-state index < -0.39 is 0 Å². The van der Waals surface area contributed by atoms with Crippen molar-refractivity contribution in [2.75, 3.05) is 0 Å². The Morgan fingerprint density at radius 3 is 2.54 bits per heavy atom. The Morgan fingerprint density at radius 2 is 2.15 bits per heavy atom. The fourth-order valence-electron chi connectivity index (χ4n) is 1.91. The Morgan fingerprint density at radius 1 is 1.46 bits per heavy atom. The summed E-state index contributed by atoms with van der Waals surface area (Å²) in [5.74, 6) is 0.659. The van der Waals surface area contributed by atoms with Crippen molar-refractivity contribution in [3.05, 3.63) is 17.5 Å². The first kappa shape index (κ1) is 10.3. The summed E-state index contributed by atoms with van der Waals surface area (Å²) in [6, 6.07) is 0. The average molecular weight is 180 g/mol. The number of aromatic nitrogens is 2. The van der Waals surface area contributed by atoms with E-state index in [0.717, 1.165) is 0 Å². The third kappa shape index (κ3) is 2.33. The Kier molecular flexibility index (Phi) is 3.52. The minimum Gasteiger partial charge on any atom is -0.275 e. The lowest BCUT2D eigenvalue weighted by atomic mass is 9.95. The van der Waals surface area contributed by atoms with Crippen LogP contribution in [0, 0.1) is 6.92 Å². The molecule has 2 nitrogen and oxygen atoms in total. The maximum absolute atomic E-state index is 4.52. The fourth-order valence-corrected chi connectivity index (χ4v) is 1.91. The van der Waals surface area contributed by atoms with Crippen molar-refractivity contribution < 1.29 is 0 Å². The first-order chi connectivity index (χ1) is 6.19. The molecule has 0 amide bonds. The lowest BCUT2D eigenvalue weighted by Crippen LogP contribution is -2.00. The zero-order valence-corrected chi connectivity index (χ0v) is 9.17. The molecule has 0 aliphatic heterocycles. The predicted molar refractivity (Wildman–Crippen MR) is 55.9 cm³/mol. The van der Waals surface area contributed by atoms with Gasteiger partial charge in [0.2, 0.25) is 0 Å². The van der Waals surface area contributed by atoms with Crippen molar-refractivity contribution in [2.45, 2.75) is 46.0 Å². The summed E-state index contributed by atoms with van der Waals surface area (Å²) < 4.78 is 1.92. The molecular weight excluding hydrogens is 160 g/mol. The molecule has 74 valence electrons. The smallest absolute Gasteiger partial charge is 0.0684 e. The van der Waals surface area contributed by atoms with Gasteiger partial charge in [0.1, 0.15) is 0 Å². The summed E-state index contributed by atoms with van der Waals surface area (Å²) in [4.78, 5) is 0. The molecule has 1 aromatic heterocycles. The molecule has 0 aliphatic carbocycles. The zero-order valence-electron chi connectivity index (χ0n) is 9.17. The second-order valence-corrected chi connectivity index (χ2v) is 3.76.